The number of nitrogen functional groups attached to an aromatic ring is 1. The second kappa shape index (κ2) is 12.9. The zero-order valence-electron chi connectivity index (χ0n) is 23.3. The number of anilines is 2. The van der Waals surface area contributed by atoms with Crippen molar-refractivity contribution >= 4 is 43.6 Å². The van der Waals surface area contributed by atoms with Crippen LogP contribution in [0.15, 0.2) is 23.2 Å². The van der Waals surface area contributed by atoms with Gasteiger partial charge in [0.1, 0.15) is 30.3 Å². The van der Waals surface area contributed by atoms with Gasteiger partial charge in [-0.15, -0.1) is 0 Å². The van der Waals surface area contributed by atoms with Crippen molar-refractivity contribution in [1.29, 1.82) is 0 Å². The van der Waals surface area contributed by atoms with E-state index in [1.807, 2.05) is 0 Å². The minimum Gasteiger partial charge on any atom is -0.438 e. The van der Waals surface area contributed by atoms with Crippen LogP contribution in [-0.2, 0) is 37.4 Å². The molecule has 2 atom stereocenters. The molecule has 0 bridgehead atoms. The predicted molar refractivity (Wildman–Crippen MR) is 142 cm³/mol. The molecule has 15 heteroatoms. The molecule has 0 aliphatic heterocycles. The third-order valence-corrected chi connectivity index (χ3v) is 6.94. The fourth-order valence-corrected chi connectivity index (χ4v) is 4.12. The van der Waals surface area contributed by atoms with Crippen molar-refractivity contribution in [3.63, 3.8) is 0 Å². The Hall–Kier alpha value is -2.93. The zero-order chi connectivity index (χ0) is 29.6. The lowest BCUT2D eigenvalue weighted by molar-refractivity contribution is -0.162. The molecule has 0 saturated heterocycles. The van der Waals surface area contributed by atoms with Crippen LogP contribution in [0.1, 0.15) is 48.0 Å². The Bertz CT molecular complexity index is 1100. The molecular weight excluding hydrogens is 536 g/mol. The highest BCUT2D eigenvalue weighted by Gasteiger charge is 2.36. The first-order valence-corrected chi connectivity index (χ1v) is 13.7. The van der Waals surface area contributed by atoms with Gasteiger partial charge in [0.25, 0.3) is 0 Å². The number of aliphatic imine (C=N–C) groups is 1. The SMILES string of the molecule is C=Nc1c(N)ncnc1N(C)[C@H]1C=C(F)[C@@H](OCP(=O)(OCOC(=O)C(C)(C)C)OCOC(=O)C(C)(C)C)C1. The van der Waals surface area contributed by atoms with Crippen molar-refractivity contribution in [2.75, 3.05) is 37.6 Å². The highest BCUT2D eigenvalue weighted by molar-refractivity contribution is 7.53. The van der Waals surface area contributed by atoms with E-state index < -0.39 is 68.3 Å². The molecule has 13 nitrogen and oxygen atoms in total. The number of esters is 2. The summed E-state index contributed by atoms with van der Waals surface area (Å²) in [6, 6.07) is -0.522. The number of nitrogens with zero attached hydrogens (tertiary/aromatic N) is 4. The largest absolute Gasteiger partial charge is 0.438 e. The molecule has 1 aliphatic carbocycles. The minimum atomic E-state index is -4.18. The molecule has 218 valence electrons. The van der Waals surface area contributed by atoms with Crippen LogP contribution in [0, 0.1) is 10.8 Å². The summed E-state index contributed by atoms with van der Waals surface area (Å²) in [6.07, 6.45) is 0.865. The van der Waals surface area contributed by atoms with Gasteiger partial charge in [-0.05, 0) is 54.3 Å². The molecule has 0 aromatic carbocycles. The topological polar surface area (TPSA) is 165 Å². The van der Waals surface area contributed by atoms with E-state index in [1.165, 1.54) is 12.4 Å². The van der Waals surface area contributed by atoms with Gasteiger partial charge in [0, 0.05) is 13.5 Å². The molecule has 2 N–H and O–H groups in total. The first-order chi connectivity index (χ1) is 18.0. The monoisotopic (exact) mass is 573 g/mol. The number of ether oxygens (including phenoxy) is 3. The summed E-state index contributed by atoms with van der Waals surface area (Å²) in [7, 11) is -2.52. The molecule has 1 aromatic heterocycles. The maximum Gasteiger partial charge on any atom is 0.361 e. The van der Waals surface area contributed by atoms with Gasteiger partial charge in [-0.3, -0.25) is 28.2 Å². The van der Waals surface area contributed by atoms with Crippen LogP contribution in [0.5, 0.6) is 0 Å². The fraction of sp³-hybridized carbons (Fsp3) is 0.625. The van der Waals surface area contributed by atoms with Crippen molar-refractivity contribution in [3.05, 3.63) is 18.2 Å². The number of aromatic nitrogens is 2. The number of likely N-dealkylation sites (N-methyl/N-ethyl adjacent to an activating group) is 1. The average molecular weight is 574 g/mol. The fourth-order valence-electron chi connectivity index (χ4n) is 3.10. The zero-order valence-corrected chi connectivity index (χ0v) is 24.2. The Morgan fingerprint density at radius 1 is 1.13 bits per heavy atom. The van der Waals surface area contributed by atoms with Crippen molar-refractivity contribution < 1.29 is 41.8 Å². The van der Waals surface area contributed by atoms with Crippen molar-refractivity contribution in [2.24, 2.45) is 15.8 Å². The van der Waals surface area contributed by atoms with Crippen LogP contribution < -0.4 is 10.6 Å². The molecule has 0 amide bonds. The molecule has 0 fully saturated rings. The number of halogens is 1. The Morgan fingerprint density at radius 2 is 1.67 bits per heavy atom. The Kier molecular flexibility index (Phi) is 10.7. The molecule has 0 unspecified atom stereocenters. The van der Waals surface area contributed by atoms with Crippen LogP contribution in [0.25, 0.3) is 0 Å². The molecule has 1 heterocycles. The molecule has 1 aromatic rings. The lowest BCUT2D eigenvalue weighted by atomic mass is 9.98. The number of nitrogens with two attached hydrogens (primary N) is 1. The van der Waals surface area contributed by atoms with Crippen molar-refractivity contribution in [3.8, 4) is 0 Å². The first kappa shape index (κ1) is 32.3. The highest BCUT2D eigenvalue weighted by atomic mass is 31.2. The second-order valence-corrected chi connectivity index (χ2v) is 12.8. The van der Waals surface area contributed by atoms with Gasteiger partial charge in [0.05, 0.1) is 16.9 Å². The van der Waals surface area contributed by atoms with E-state index in [-0.39, 0.29) is 17.9 Å². The summed E-state index contributed by atoms with van der Waals surface area (Å²) in [6.45, 7) is 11.8. The van der Waals surface area contributed by atoms with Gasteiger partial charge < -0.3 is 24.8 Å². The molecular formula is C24H37FN5O8P. The molecule has 2 rings (SSSR count). The van der Waals surface area contributed by atoms with E-state index in [2.05, 4.69) is 21.7 Å². The third kappa shape index (κ3) is 9.06. The van der Waals surface area contributed by atoms with Crippen LogP contribution in [0.4, 0.5) is 21.7 Å². The van der Waals surface area contributed by atoms with Crippen LogP contribution in [0.2, 0.25) is 0 Å². The number of carbonyl (C=O) groups excluding carboxylic acids is 2. The van der Waals surface area contributed by atoms with Crippen molar-refractivity contribution in [1.82, 2.24) is 9.97 Å². The average Bonchev–Trinajstić information content (AvgIpc) is 3.21. The molecule has 0 radical (unpaired) electrons. The van der Waals surface area contributed by atoms with E-state index in [1.54, 1.807) is 53.5 Å². The normalized spacial score (nSPS) is 17.9. The van der Waals surface area contributed by atoms with Gasteiger partial charge in [0.2, 0.25) is 13.6 Å². The number of hydrogen-bond acceptors (Lipinski definition) is 13. The third-order valence-electron chi connectivity index (χ3n) is 5.47. The van der Waals surface area contributed by atoms with E-state index >= 15 is 0 Å². The maximum absolute atomic E-state index is 14.8. The smallest absolute Gasteiger partial charge is 0.361 e. The van der Waals surface area contributed by atoms with E-state index in [0.29, 0.717) is 5.82 Å². The summed E-state index contributed by atoms with van der Waals surface area (Å²) in [5, 5.41) is 0. The van der Waals surface area contributed by atoms with Crippen LogP contribution >= 0.6 is 7.60 Å². The highest BCUT2D eigenvalue weighted by Crippen LogP contribution is 2.49. The first-order valence-electron chi connectivity index (χ1n) is 12.0. The van der Waals surface area contributed by atoms with E-state index in [0.717, 1.165) is 0 Å². The van der Waals surface area contributed by atoms with E-state index in [9.17, 15) is 18.5 Å². The number of rotatable bonds is 12. The van der Waals surface area contributed by atoms with E-state index in [4.69, 9.17) is 29.0 Å². The van der Waals surface area contributed by atoms with Crippen LogP contribution in [0.3, 0.4) is 0 Å². The lowest BCUT2D eigenvalue weighted by Crippen LogP contribution is -2.31. The second-order valence-electron chi connectivity index (χ2n) is 10.8. The standard InChI is InChI=1S/C24H37FN5O8P/c1-23(2,3)21(31)34-12-37-39(33,38-13-35-22(32)24(4,5)6)14-36-17-10-15(9-16(17)25)30(8)20-18(27-7)19(26)28-11-29-20/h9,11,15,17H,7,10,12-14H2,1-6,8H3,(H2,26,28,29)/t15-,17-/m0/s1. The summed E-state index contributed by atoms with van der Waals surface area (Å²) < 4.78 is 54.2. The maximum atomic E-state index is 14.8. The lowest BCUT2D eigenvalue weighted by Gasteiger charge is -2.26. The Labute approximate surface area is 227 Å². The summed E-state index contributed by atoms with van der Waals surface area (Å²) in [4.78, 5) is 37.6. The van der Waals surface area contributed by atoms with Gasteiger partial charge in [0.15, 0.2) is 11.6 Å². The predicted octanol–water partition coefficient (Wildman–Crippen LogP) is 4.12. The van der Waals surface area contributed by atoms with Crippen LogP contribution in [-0.4, -0.2) is 67.8 Å². The molecule has 39 heavy (non-hydrogen) atoms. The number of carbonyl (C=O) groups is 2. The summed E-state index contributed by atoms with van der Waals surface area (Å²) in [5.41, 5.74) is 4.42. The molecule has 0 saturated carbocycles. The Morgan fingerprint density at radius 3 is 2.15 bits per heavy atom. The quantitative estimate of drug-likeness (QED) is 0.165. The van der Waals surface area contributed by atoms with Gasteiger partial charge in [-0.25, -0.2) is 14.4 Å². The van der Waals surface area contributed by atoms with Crippen molar-refractivity contribution in [2.45, 2.75) is 60.1 Å². The summed E-state index contributed by atoms with van der Waals surface area (Å²) in [5.74, 6) is -1.38. The number of hydrogen-bond donors (Lipinski definition) is 1. The summed E-state index contributed by atoms with van der Waals surface area (Å²) >= 11 is 0. The van der Waals surface area contributed by atoms with Gasteiger partial charge in [-0.1, -0.05) is 0 Å². The molecule has 1 aliphatic rings. The minimum absolute atomic E-state index is 0.112. The Balaban J connectivity index is 2.07. The van der Waals surface area contributed by atoms with Gasteiger partial charge >= 0.3 is 19.5 Å². The van der Waals surface area contributed by atoms with Gasteiger partial charge in [-0.2, -0.15) is 0 Å². The molecule has 0 spiro atoms.